The third-order valence-electron chi connectivity index (χ3n) is 6.71. The highest BCUT2D eigenvalue weighted by molar-refractivity contribution is 5.74. The van der Waals surface area contributed by atoms with Crippen molar-refractivity contribution in [2.24, 2.45) is 0 Å². The number of alkyl halides is 3. The fourth-order valence-electron chi connectivity index (χ4n) is 4.90. The van der Waals surface area contributed by atoms with Gasteiger partial charge in [-0.05, 0) is 49.1 Å². The Balaban J connectivity index is 1.34. The van der Waals surface area contributed by atoms with Gasteiger partial charge < -0.3 is 15.3 Å². The molecule has 0 amide bonds. The number of piperidine rings is 2. The average molecular weight is 458 g/mol. The van der Waals surface area contributed by atoms with Crippen molar-refractivity contribution >= 4 is 5.82 Å². The van der Waals surface area contributed by atoms with Crippen molar-refractivity contribution in [1.82, 2.24) is 25.3 Å². The Morgan fingerprint density at radius 1 is 1.15 bits per heavy atom. The molecule has 2 N–H and O–H groups in total. The van der Waals surface area contributed by atoms with E-state index in [1.54, 1.807) is 24.3 Å². The summed E-state index contributed by atoms with van der Waals surface area (Å²) in [5.74, 6) is 0.518. The number of rotatable bonds is 5. The van der Waals surface area contributed by atoms with Crippen LogP contribution < -0.4 is 10.2 Å². The van der Waals surface area contributed by atoms with Crippen LogP contribution in [0, 0.1) is 0 Å². The number of nitrogens with one attached hydrogen (secondary N) is 1. The van der Waals surface area contributed by atoms with Gasteiger partial charge in [-0.1, -0.05) is 12.5 Å². The van der Waals surface area contributed by atoms with Crippen LogP contribution in [0.5, 0.6) is 5.75 Å². The van der Waals surface area contributed by atoms with E-state index in [9.17, 15) is 13.9 Å². The number of fused-ring (bicyclic) bond motifs is 2. The van der Waals surface area contributed by atoms with Gasteiger partial charge in [0.1, 0.15) is 11.9 Å². The van der Waals surface area contributed by atoms with Crippen LogP contribution in [0.1, 0.15) is 32.2 Å². The van der Waals surface area contributed by atoms with Gasteiger partial charge in [-0.2, -0.15) is 13.9 Å². The second-order valence-corrected chi connectivity index (χ2v) is 8.75. The molecule has 2 aliphatic heterocycles. The van der Waals surface area contributed by atoms with Gasteiger partial charge in [0, 0.05) is 36.5 Å². The fraction of sp³-hybridized carbons (Fsp3) is 0.435. The second-order valence-electron chi connectivity index (χ2n) is 8.75. The summed E-state index contributed by atoms with van der Waals surface area (Å²) in [5.41, 5.74) is 1.94. The van der Waals surface area contributed by atoms with Crippen molar-refractivity contribution in [3.05, 3.63) is 42.7 Å². The number of aromatic nitrogens is 4. The first kappa shape index (κ1) is 21.7. The molecule has 1 aromatic carbocycles. The fourth-order valence-corrected chi connectivity index (χ4v) is 4.90. The molecule has 174 valence electrons. The lowest BCUT2D eigenvalue weighted by molar-refractivity contribution is 0.0566. The number of aromatic hydroxyl groups is 1. The summed E-state index contributed by atoms with van der Waals surface area (Å²) in [5, 5.41) is 26.1. The molecule has 0 saturated carbocycles. The Morgan fingerprint density at radius 2 is 2.00 bits per heavy atom. The average Bonchev–Trinajstić information content (AvgIpc) is 3.32. The predicted molar refractivity (Wildman–Crippen MR) is 118 cm³/mol. The van der Waals surface area contributed by atoms with Crippen molar-refractivity contribution in [2.45, 2.75) is 56.5 Å². The zero-order chi connectivity index (χ0) is 23.1. The molecule has 2 bridgehead atoms. The normalized spacial score (nSPS) is 24.8. The van der Waals surface area contributed by atoms with Gasteiger partial charge in [0.25, 0.3) is 0 Å². The van der Waals surface area contributed by atoms with Gasteiger partial charge in [-0.25, -0.2) is 9.07 Å². The van der Waals surface area contributed by atoms with Crippen molar-refractivity contribution in [3.63, 3.8) is 0 Å². The third kappa shape index (κ3) is 4.15. The van der Waals surface area contributed by atoms with E-state index < -0.39 is 12.7 Å². The molecule has 0 radical (unpaired) electrons. The minimum absolute atomic E-state index is 0.0531. The van der Waals surface area contributed by atoms with Crippen LogP contribution in [-0.4, -0.2) is 56.4 Å². The molecule has 3 aromatic rings. The van der Waals surface area contributed by atoms with E-state index in [0.717, 1.165) is 25.7 Å². The lowest BCUT2D eigenvalue weighted by Gasteiger charge is -2.46. The van der Waals surface area contributed by atoms with Crippen LogP contribution in [0.15, 0.2) is 42.7 Å². The van der Waals surface area contributed by atoms with Crippen LogP contribution in [0.25, 0.3) is 22.4 Å². The van der Waals surface area contributed by atoms with Crippen LogP contribution in [0.4, 0.5) is 19.0 Å². The number of nitrogens with zero attached hydrogens (tertiary/aromatic N) is 5. The summed E-state index contributed by atoms with van der Waals surface area (Å²) < 4.78 is 41.1. The Labute approximate surface area is 189 Å². The van der Waals surface area contributed by atoms with Crippen molar-refractivity contribution in [2.75, 3.05) is 11.9 Å². The highest BCUT2D eigenvalue weighted by atomic mass is 19.3. The van der Waals surface area contributed by atoms with Gasteiger partial charge in [0.15, 0.2) is 5.82 Å². The quantitative estimate of drug-likeness (QED) is 0.598. The number of phenolic OH excluding ortho intramolecular Hbond substituents is 1. The van der Waals surface area contributed by atoms with Gasteiger partial charge in [0.2, 0.25) is 0 Å². The first-order valence-electron chi connectivity index (χ1n) is 11.0. The van der Waals surface area contributed by atoms with Crippen LogP contribution in [0.3, 0.4) is 0 Å². The monoisotopic (exact) mass is 458 g/mol. The zero-order valence-corrected chi connectivity index (χ0v) is 18.1. The van der Waals surface area contributed by atoms with E-state index in [0.29, 0.717) is 38.9 Å². The van der Waals surface area contributed by atoms with Crippen LogP contribution >= 0.6 is 0 Å². The molecule has 33 heavy (non-hydrogen) atoms. The maximum atomic E-state index is 15.0. The molecule has 2 aromatic heterocycles. The molecular weight excluding hydrogens is 433 g/mol. The zero-order valence-electron chi connectivity index (χ0n) is 18.1. The van der Waals surface area contributed by atoms with Gasteiger partial charge in [-0.3, -0.25) is 0 Å². The molecule has 4 heterocycles. The third-order valence-corrected chi connectivity index (χ3v) is 6.71. The molecule has 0 unspecified atom stereocenters. The lowest BCUT2D eigenvalue weighted by atomic mass is 9.82. The van der Waals surface area contributed by atoms with Crippen molar-refractivity contribution in [3.8, 4) is 28.1 Å². The number of anilines is 1. The molecule has 10 heteroatoms. The topological polar surface area (TPSA) is 79.1 Å². The van der Waals surface area contributed by atoms with Crippen molar-refractivity contribution in [1.29, 1.82) is 0 Å². The molecule has 2 saturated heterocycles. The van der Waals surface area contributed by atoms with E-state index in [1.807, 2.05) is 11.9 Å². The van der Waals surface area contributed by atoms with E-state index in [4.69, 9.17) is 0 Å². The smallest absolute Gasteiger partial charge is 0.333 e. The summed E-state index contributed by atoms with van der Waals surface area (Å²) in [6.45, 7) is -2.73. The van der Waals surface area contributed by atoms with Crippen LogP contribution in [0.2, 0.25) is 0 Å². The van der Waals surface area contributed by atoms with Gasteiger partial charge in [0.05, 0.1) is 17.9 Å². The summed E-state index contributed by atoms with van der Waals surface area (Å²) in [7, 11) is 1.84. The number of phenols is 1. The SMILES string of the molecule is CN(c1ccc(-c2ccc(-c3cnn(C(F)F)c3)cc2O)nn1)[C@@H]1C[C@H]2CCC[C@H](N2)[C@@H]1F. The lowest BCUT2D eigenvalue weighted by Crippen LogP contribution is -2.61. The number of hydrogen-bond donors (Lipinski definition) is 2. The number of halogens is 3. The van der Waals surface area contributed by atoms with Gasteiger partial charge in [-0.15, -0.1) is 10.2 Å². The predicted octanol–water partition coefficient (Wildman–Crippen LogP) is 4.17. The maximum absolute atomic E-state index is 15.0. The molecule has 2 fully saturated rings. The molecular formula is C23H25F3N6O. The van der Waals surface area contributed by atoms with E-state index in [1.165, 1.54) is 18.5 Å². The molecule has 2 aliphatic rings. The first-order chi connectivity index (χ1) is 15.9. The number of hydrogen-bond acceptors (Lipinski definition) is 6. The second kappa shape index (κ2) is 8.66. The number of benzene rings is 1. The minimum atomic E-state index is -2.73. The Morgan fingerprint density at radius 3 is 2.70 bits per heavy atom. The summed E-state index contributed by atoms with van der Waals surface area (Å²) in [6, 6.07) is 8.30. The standard InChI is InChI=1S/C23H25F3N6O/c1-31(19-10-15-3-2-4-18(28-15)22(19)24)21-8-7-17(29-30-21)16-6-5-13(9-20(16)33)14-11-27-32(12-14)23(25)26/h5-9,11-12,15,18-19,22-23,28,33H,2-4,10H2,1H3/t15-,18+,19-,22+/m1/s1. The summed E-state index contributed by atoms with van der Waals surface area (Å²) >= 11 is 0. The van der Waals surface area contributed by atoms with E-state index in [2.05, 4.69) is 20.6 Å². The summed E-state index contributed by atoms with van der Waals surface area (Å²) in [6.07, 6.45) is 5.27. The molecule has 5 rings (SSSR count). The molecule has 4 atom stereocenters. The maximum Gasteiger partial charge on any atom is 0.333 e. The summed E-state index contributed by atoms with van der Waals surface area (Å²) in [4.78, 5) is 1.86. The Kier molecular flexibility index (Phi) is 5.69. The van der Waals surface area contributed by atoms with Gasteiger partial charge >= 0.3 is 6.55 Å². The Bertz CT molecular complexity index is 1120. The van der Waals surface area contributed by atoms with Crippen molar-refractivity contribution < 1.29 is 18.3 Å². The van der Waals surface area contributed by atoms with E-state index >= 15 is 4.39 Å². The van der Waals surface area contributed by atoms with Crippen LogP contribution in [-0.2, 0) is 0 Å². The molecule has 0 spiro atoms. The molecule has 0 aliphatic carbocycles. The first-order valence-corrected chi connectivity index (χ1v) is 11.0. The molecule has 7 nitrogen and oxygen atoms in total. The van der Waals surface area contributed by atoms with E-state index in [-0.39, 0.29) is 17.8 Å². The Hall–Kier alpha value is -3.14. The minimum Gasteiger partial charge on any atom is -0.507 e. The largest absolute Gasteiger partial charge is 0.507 e. The highest BCUT2D eigenvalue weighted by Gasteiger charge is 2.41. The highest BCUT2D eigenvalue weighted by Crippen LogP contribution is 2.34.